The summed E-state index contributed by atoms with van der Waals surface area (Å²) in [6.07, 6.45) is 2.90. The van der Waals surface area contributed by atoms with Crippen molar-refractivity contribution < 1.29 is 22.9 Å². The highest BCUT2D eigenvalue weighted by atomic mass is 35.5. The third-order valence-electron chi connectivity index (χ3n) is 4.86. The largest absolute Gasteiger partial charge is 0.481 e. The van der Waals surface area contributed by atoms with Gasteiger partial charge in [0.25, 0.3) is 5.91 Å². The molecule has 2 N–H and O–H groups in total. The standard InChI is InChI=1S/C23H17ClFN3O4S/c1-32-21-10-14(6-7-26-21)12-27-23(30)15-3-5-19-16(11-15)22(29)20(33(31)28-19)9-13-2-4-17(24)18(25)8-13/h2-11,28H,12H2,1H3,(H,27,30)/b20-9-. The van der Waals surface area contributed by atoms with Gasteiger partial charge >= 0.3 is 0 Å². The molecule has 2 heterocycles. The number of nitrogens with one attached hydrogen (secondary N) is 2. The van der Waals surface area contributed by atoms with Crippen LogP contribution in [0.5, 0.6) is 5.88 Å². The first-order valence-electron chi connectivity index (χ1n) is 9.67. The van der Waals surface area contributed by atoms with Crippen molar-refractivity contribution in [1.82, 2.24) is 10.3 Å². The highest BCUT2D eigenvalue weighted by Gasteiger charge is 2.28. The summed E-state index contributed by atoms with van der Waals surface area (Å²) < 4.78 is 34.1. The number of carbonyl (C=O) groups is 2. The molecule has 1 aliphatic heterocycles. The fourth-order valence-electron chi connectivity index (χ4n) is 3.16. The van der Waals surface area contributed by atoms with Crippen LogP contribution in [0.25, 0.3) is 6.08 Å². The van der Waals surface area contributed by atoms with E-state index in [9.17, 15) is 18.2 Å². The van der Waals surface area contributed by atoms with Crippen molar-refractivity contribution in [2.75, 3.05) is 11.8 Å². The molecule has 0 radical (unpaired) electrons. The molecule has 0 saturated carbocycles. The molecule has 0 bridgehead atoms. The second-order valence-corrected chi connectivity index (χ2v) is 8.62. The predicted molar refractivity (Wildman–Crippen MR) is 124 cm³/mol. The number of carbonyl (C=O) groups excluding carboxylic acids is 2. The number of methoxy groups -OCH3 is 1. The summed E-state index contributed by atoms with van der Waals surface area (Å²) in [5.74, 6) is -1.14. The van der Waals surface area contributed by atoms with Gasteiger partial charge < -0.3 is 14.8 Å². The van der Waals surface area contributed by atoms with Gasteiger partial charge in [-0.3, -0.25) is 9.59 Å². The SMILES string of the molecule is COc1cc(CNC(=O)c2ccc3c(c2)C(=O)/C(=C/c2ccc(Cl)c(F)c2)S(=O)N3)ccn1. The van der Waals surface area contributed by atoms with E-state index in [-0.39, 0.29) is 27.6 Å². The monoisotopic (exact) mass is 485 g/mol. The molecule has 1 unspecified atom stereocenters. The summed E-state index contributed by atoms with van der Waals surface area (Å²) in [6.45, 7) is 0.234. The molecule has 168 valence electrons. The van der Waals surface area contributed by atoms with E-state index in [1.165, 1.54) is 43.5 Å². The van der Waals surface area contributed by atoms with Crippen molar-refractivity contribution in [3.63, 3.8) is 0 Å². The van der Waals surface area contributed by atoms with Gasteiger partial charge in [-0.25, -0.2) is 13.6 Å². The number of anilines is 1. The third-order valence-corrected chi connectivity index (χ3v) is 6.27. The smallest absolute Gasteiger partial charge is 0.251 e. The first kappa shape index (κ1) is 22.6. The molecule has 0 saturated heterocycles. The molecule has 1 aromatic heterocycles. The number of fused-ring (bicyclic) bond motifs is 1. The normalized spacial score (nSPS) is 16.2. The van der Waals surface area contributed by atoms with E-state index < -0.39 is 28.5 Å². The molecule has 1 amide bonds. The van der Waals surface area contributed by atoms with Gasteiger partial charge in [0.2, 0.25) is 11.7 Å². The van der Waals surface area contributed by atoms with Gasteiger partial charge in [-0.1, -0.05) is 17.7 Å². The number of aromatic nitrogens is 1. The molecule has 4 rings (SSSR count). The maximum absolute atomic E-state index is 13.8. The van der Waals surface area contributed by atoms with Crippen molar-refractivity contribution in [3.8, 4) is 5.88 Å². The number of nitrogens with zero attached hydrogens (tertiary/aromatic N) is 1. The average Bonchev–Trinajstić information content (AvgIpc) is 2.82. The zero-order chi connectivity index (χ0) is 23.5. The third kappa shape index (κ3) is 4.94. The molecule has 0 spiro atoms. The molecule has 1 atom stereocenters. The highest BCUT2D eigenvalue weighted by molar-refractivity contribution is 7.91. The lowest BCUT2D eigenvalue weighted by Gasteiger charge is -2.19. The predicted octanol–water partition coefficient (Wildman–Crippen LogP) is 4.13. The fraction of sp³-hybridized carbons (Fsp3) is 0.0870. The van der Waals surface area contributed by atoms with Gasteiger partial charge in [0, 0.05) is 29.9 Å². The Hall–Kier alpha value is -3.56. The molecule has 0 aliphatic carbocycles. The number of rotatable bonds is 5. The maximum Gasteiger partial charge on any atom is 0.251 e. The quantitative estimate of drug-likeness (QED) is 0.530. The molecular weight excluding hydrogens is 469 g/mol. The van der Waals surface area contributed by atoms with Crippen LogP contribution < -0.4 is 14.8 Å². The van der Waals surface area contributed by atoms with Crippen LogP contribution in [0.4, 0.5) is 10.1 Å². The Bertz CT molecular complexity index is 1330. The minimum Gasteiger partial charge on any atom is -0.481 e. The lowest BCUT2D eigenvalue weighted by Crippen LogP contribution is -2.25. The fourth-order valence-corrected chi connectivity index (χ4v) is 4.29. The van der Waals surface area contributed by atoms with E-state index in [0.717, 1.165) is 11.6 Å². The summed E-state index contributed by atoms with van der Waals surface area (Å²) in [5.41, 5.74) is 1.92. The molecule has 10 heteroatoms. The van der Waals surface area contributed by atoms with Crippen LogP contribution >= 0.6 is 11.6 Å². The van der Waals surface area contributed by atoms with Crippen molar-refractivity contribution in [1.29, 1.82) is 0 Å². The Kier molecular flexibility index (Phi) is 6.52. The Morgan fingerprint density at radius 2 is 2.06 bits per heavy atom. The van der Waals surface area contributed by atoms with Crippen molar-refractivity contribution >= 4 is 46.0 Å². The highest BCUT2D eigenvalue weighted by Crippen LogP contribution is 2.30. The number of benzene rings is 2. The van der Waals surface area contributed by atoms with E-state index in [4.69, 9.17) is 16.3 Å². The minimum absolute atomic E-state index is 0.0578. The van der Waals surface area contributed by atoms with Crippen molar-refractivity contribution in [2.24, 2.45) is 0 Å². The number of ether oxygens (including phenoxy) is 1. The van der Waals surface area contributed by atoms with Crippen LogP contribution in [0.1, 0.15) is 31.8 Å². The van der Waals surface area contributed by atoms with Crippen LogP contribution in [-0.2, 0) is 17.5 Å². The molecule has 3 aromatic rings. The van der Waals surface area contributed by atoms with Crippen LogP contribution in [0, 0.1) is 5.82 Å². The molecule has 2 aromatic carbocycles. The second kappa shape index (κ2) is 9.51. The van der Waals surface area contributed by atoms with E-state index in [1.807, 2.05) is 0 Å². The number of Topliss-reactive ketones (excluding diaryl/α,β-unsaturated/α-hetero) is 1. The number of allylic oxidation sites excluding steroid dienone is 1. The van der Waals surface area contributed by atoms with Crippen LogP contribution in [0.2, 0.25) is 5.02 Å². The summed E-state index contributed by atoms with van der Waals surface area (Å²) in [5, 5.41) is 2.72. The van der Waals surface area contributed by atoms with Crippen LogP contribution in [-0.4, -0.2) is 28.0 Å². The number of hydrogen-bond donors (Lipinski definition) is 2. The summed E-state index contributed by atoms with van der Waals surface area (Å²) in [7, 11) is -0.341. The van der Waals surface area contributed by atoms with Crippen LogP contribution in [0.3, 0.4) is 0 Å². The number of pyridine rings is 1. The number of halogens is 2. The first-order chi connectivity index (χ1) is 15.9. The van der Waals surface area contributed by atoms with E-state index in [1.54, 1.807) is 18.3 Å². The topological polar surface area (TPSA) is 97.4 Å². The maximum atomic E-state index is 13.8. The number of amides is 1. The van der Waals surface area contributed by atoms with Gasteiger partial charge in [0.15, 0.2) is 11.0 Å². The van der Waals surface area contributed by atoms with Gasteiger partial charge in [-0.2, -0.15) is 0 Å². The van der Waals surface area contributed by atoms with E-state index in [2.05, 4.69) is 15.0 Å². The van der Waals surface area contributed by atoms with E-state index in [0.29, 0.717) is 17.1 Å². The first-order valence-corrected chi connectivity index (χ1v) is 11.2. The lowest BCUT2D eigenvalue weighted by molar-refractivity contribution is 0.0951. The Morgan fingerprint density at radius 3 is 2.82 bits per heavy atom. The van der Waals surface area contributed by atoms with Crippen LogP contribution in [0.15, 0.2) is 59.6 Å². The molecule has 7 nitrogen and oxygen atoms in total. The molecule has 0 fully saturated rings. The Morgan fingerprint density at radius 1 is 1.24 bits per heavy atom. The van der Waals surface area contributed by atoms with Gasteiger partial charge in [0.05, 0.1) is 17.8 Å². The molecular formula is C23H17ClFN3O4S. The van der Waals surface area contributed by atoms with Gasteiger partial charge in [-0.05, 0) is 53.6 Å². The average molecular weight is 486 g/mol. The molecule has 1 aliphatic rings. The summed E-state index contributed by atoms with van der Waals surface area (Å²) in [6, 6.07) is 11.9. The van der Waals surface area contributed by atoms with Gasteiger partial charge in [0.1, 0.15) is 10.7 Å². The summed E-state index contributed by atoms with van der Waals surface area (Å²) in [4.78, 5) is 29.6. The zero-order valence-electron chi connectivity index (χ0n) is 17.2. The van der Waals surface area contributed by atoms with Crippen molar-refractivity contribution in [2.45, 2.75) is 6.54 Å². The lowest BCUT2D eigenvalue weighted by atomic mass is 10.0. The van der Waals surface area contributed by atoms with Crippen molar-refractivity contribution in [3.05, 3.63) is 92.7 Å². The Balaban J connectivity index is 1.56. The second-order valence-electron chi connectivity index (χ2n) is 7.03. The number of hydrogen-bond acceptors (Lipinski definition) is 5. The number of ketones is 1. The van der Waals surface area contributed by atoms with E-state index >= 15 is 0 Å². The van der Waals surface area contributed by atoms with Gasteiger partial charge in [-0.15, -0.1) is 0 Å². The zero-order valence-corrected chi connectivity index (χ0v) is 18.8. The minimum atomic E-state index is -1.84. The molecule has 33 heavy (non-hydrogen) atoms. The summed E-state index contributed by atoms with van der Waals surface area (Å²) >= 11 is 5.69. The Labute approximate surface area is 196 Å².